The van der Waals surface area contributed by atoms with Gasteiger partial charge in [0, 0.05) is 6.54 Å². The molecule has 1 saturated heterocycles. The summed E-state index contributed by atoms with van der Waals surface area (Å²) in [7, 11) is 3.04. The highest BCUT2D eigenvalue weighted by atomic mass is 32.1. The number of carbonyl (C=O) groups excluding carboxylic acids is 2. The summed E-state index contributed by atoms with van der Waals surface area (Å²) in [6, 6.07) is 12.4. The quantitative estimate of drug-likeness (QED) is 0.440. The predicted molar refractivity (Wildman–Crippen MR) is 136 cm³/mol. The van der Waals surface area contributed by atoms with Gasteiger partial charge in [-0.2, -0.15) is 0 Å². The van der Waals surface area contributed by atoms with E-state index in [4.69, 9.17) is 21.7 Å². The number of methoxy groups -OCH3 is 2. The van der Waals surface area contributed by atoms with Crippen molar-refractivity contribution in [2.75, 3.05) is 31.0 Å². The average Bonchev–Trinajstić information content (AvgIpc) is 3.12. The molecular weight excluding hydrogens is 485 g/mol. The van der Waals surface area contributed by atoms with E-state index >= 15 is 0 Å². The molecule has 0 saturated carbocycles. The van der Waals surface area contributed by atoms with Crippen molar-refractivity contribution in [2.45, 2.75) is 18.9 Å². The third-order valence-electron chi connectivity index (χ3n) is 5.68. The van der Waals surface area contributed by atoms with E-state index in [0.717, 1.165) is 11.3 Å². The van der Waals surface area contributed by atoms with Gasteiger partial charge in [0.1, 0.15) is 17.6 Å². The molecule has 186 valence electrons. The molecule has 1 aliphatic rings. The van der Waals surface area contributed by atoms with Gasteiger partial charge in [0.25, 0.3) is 5.91 Å². The second kappa shape index (κ2) is 11.1. The number of nitrogens with zero attached hydrogens (tertiary/aromatic N) is 4. The molecule has 1 aromatic heterocycles. The van der Waals surface area contributed by atoms with E-state index in [0.29, 0.717) is 24.3 Å². The molecular formula is C25H24FN5O4S. The molecule has 1 aliphatic heterocycles. The number of anilines is 2. The lowest BCUT2D eigenvalue weighted by Crippen LogP contribution is -2.39. The number of carbonyl (C=O) groups is 2. The van der Waals surface area contributed by atoms with Gasteiger partial charge in [0.15, 0.2) is 5.11 Å². The maximum absolute atomic E-state index is 13.5. The van der Waals surface area contributed by atoms with Gasteiger partial charge in [-0.3, -0.25) is 14.5 Å². The monoisotopic (exact) mass is 509 g/mol. The SMILES string of the molecule is COc1ccc(CCN2C(=S)N(c3ccc(F)cc3)C(=O)C2CC(=O)Nc2cnc(OC)nc2)cc1. The third kappa shape index (κ3) is 5.57. The molecule has 2 amide bonds. The zero-order chi connectivity index (χ0) is 25.7. The molecule has 0 aliphatic carbocycles. The molecule has 4 rings (SSSR count). The first kappa shape index (κ1) is 25.0. The average molecular weight is 510 g/mol. The second-order valence-corrected chi connectivity index (χ2v) is 8.32. The molecule has 0 bridgehead atoms. The lowest BCUT2D eigenvalue weighted by Gasteiger charge is -2.24. The lowest BCUT2D eigenvalue weighted by atomic mass is 10.1. The van der Waals surface area contributed by atoms with Gasteiger partial charge in [0.2, 0.25) is 5.91 Å². The summed E-state index contributed by atoms with van der Waals surface area (Å²) in [5, 5.41) is 2.96. The zero-order valence-corrected chi connectivity index (χ0v) is 20.5. The number of benzene rings is 2. The maximum atomic E-state index is 13.5. The number of hydrogen-bond acceptors (Lipinski definition) is 7. The second-order valence-electron chi connectivity index (χ2n) is 7.95. The first-order valence-electron chi connectivity index (χ1n) is 11.1. The van der Waals surface area contributed by atoms with E-state index in [1.54, 1.807) is 12.0 Å². The summed E-state index contributed by atoms with van der Waals surface area (Å²) < 4.78 is 23.6. The fourth-order valence-electron chi connectivity index (χ4n) is 3.83. The van der Waals surface area contributed by atoms with E-state index in [2.05, 4.69) is 15.3 Å². The summed E-state index contributed by atoms with van der Waals surface area (Å²) in [6.07, 6.45) is 3.26. The summed E-state index contributed by atoms with van der Waals surface area (Å²) in [6.45, 7) is 0.401. The Kier molecular flexibility index (Phi) is 7.69. The van der Waals surface area contributed by atoms with Crippen LogP contribution in [-0.4, -0.2) is 58.6 Å². The Morgan fingerprint density at radius 1 is 1.06 bits per heavy atom. The molecule has 2 aromatic carbocycles. The highest BCUT2D eigenvalue weighted by molar-refractivity contribution is 7.80. The minimum atomic E-state index is -0.833. The molecule has 2 heterocycles. The normalized spacial score (nSPS) is 15.2. The van der Waals surface area contributed by atoms with Crippen LogP contribution in [0.5, 0.6) is 11.8 Å². The first-order valence-corrected chi connectivity index (χ1v) is 11.5. The minimum absolute atomic E-state index is 0.148. The van der Waals surface area contributed by atoms with Crippen LogP contribution in [0.25, 0.3) is 0 Å². The van der Waals surface area contributed by atoms with Crippen molar-refractivity contribution in [1.29, 1.82) is 0 Å². The van der Waals surface area contributed by atoms with E-state index < -0.39 is 17.8 Å². The van der Waals surface area contributed by atoms with Gasteiger partial charge in [-0.15, -0.1) is 0 Å². The van der Waals surface area contributed by atoms with E-state index in [1.807, 2.05) is 24.3 Å². The predicted octanol–water partition coefficient (Wildman–Crippen LogP) is 3.21. The zero-order valence-electron chi connectivity index (χ0n) is 19.7. The highest BCUT2D eigenvalue weighted by Crippen LogP contribution is 2.28. The third-order valence-corrected chi connectivity index (χ3v) is 6.09. The van der Waals surface area contributed by atoms with Crippen molar-refractivity contribution in [3.8, 4) is 11.8 Å². The van der Waals surface area contributed by atoms with Crippen LogP contribution in [0, 0.1) is 5.82 Å². The molecule has 11 heteroatoms. The minimum Gasteiger partial charge on any atom is -0.497 e. The number of hydrogen-bond donors (Lipinski definition) is 1. The molecule has 0 radical (unpaired) electrons. The summed E-state index contributed by atoms with van der Waals surface area (Å²) in [5.74, 6) is -0.446. The molecule has 1 unspecified atom stereocenters. The van der Waals surface area contributed by atoms with E-state index in [9.17, 15) is 14.0 Å². The number of halogens is 1. The van der Waals surface area contributed by atoms with Crippen LogP contribution < -0.4 is 19.7 Å². The smallest absolute Gasteiger partial charge is 0.316 e. The number of nitrogens with one attached hydrogen (secondary N) is 1. The van der Waals surface area contributed by atoms with Crippen molar-refractivity contribution >= 4 is 40.5 Å². The van der Waals surface area contributed by atoms with Crippen molar-refractivity contribution < 1.29 is 23.5 Å². The number of rotatable bonds is 9. The molecule has 36 heavy (non-hydrogen) atoms. The summed E-state index contributed by atoms with van der Waals surface area (Å²) >= 11 is 5.65. The molecule has 9 nitrogen and oxygen atoms in total. The molecule has 1 fully saturated rings. The topological polar surface area (TPSA) is 96.9 Å². The van der Waals surface area contributed by atoms with Crippen LogP contribution in [0.4, 0.5) is 15.8 Å². The van der Waals surface area contributed by atoms with Crippen LogP contribution in [-0.2, 0) is 16.0 Å². The summed E-state index contributed by atoms with van der Waals surface area (Å²) in [5.41, 5.74) is 1.83. The van der Waals surface area contributed by atoms with Gasteiger partial charge in [-0.25, -0.2) is 14.4 Å². The van der Waals surface area contributed by atoms with Crippen molar-refractivity contribution in [3.63, 3.8) is 0 Å². The fourth-order valence-corrected chi connectivity index (χ4v) is 4.24. The van der Waals surface area contributed by atoms with Gasteiger partial charge >= 0.3 is 6.01 Å². The number of ether oxygens (including phenoxy) is 2. The van der Waals surface area contributed by atoms with Crippen LogP contribution in [0.2, 0.25) is 0 Å². The van der Waals surface area contributed by atoms with Crippen LogP contribution in [0.1, 0.15) is 12.0 Å². The van der Waals surface area contributed by atoms with Gasteiger partial charge in [-0.1, -0.05) is 12.1 Å². The Hall–Kier alpha value is -4.12. The Balaban J connectivity index is 1.53. The number of amides is 2. The van der Waals surface area contributed by atoms with Crippen molar-refractivity contribution in [1.82, 2.24) is 14.9 Å². The fraction of sp³-hybridized carbons (Fsp3) is 0.240. The lowest BCUT2D eigenvalue weighted by molar-refractivity contribution is -0.124. The number of thiocarbonyl (C=S) groups is 1. The van der Waals surface area contributed by atoms with Crippen LogP contribution >= 0.6 is 12.2 Å². The van der Waals surface area contributed by atoms with Gasteiger partial charge in [0.05, 0.1) is 44.4 Å². The van der Waals surface area contributed by atoms with Gasteiger partial charge in [-0.05, 0) is 60.6 Å². The largest absolute Gasteiger partial charge is 0.497 e. The van der Waals surface area contributed by atoms with E-state index in [1.165, 1.54) is 48.7 Å². The molecule has 1 N–H and O–H groups in total. The highest BCUT2D eigenvalue weighted by Gasteiger charge is 2.43. The maximum Gasteiger partial charge on any atom is 0.316 e. The van der Waals surface area contributed by atoms with Crippen molar-refractivity contribution in [2.24, 2.45) is 0 Å². The standard InChI is InChI=1S/C25H24FN5O4S/c1-34-20-9-3-16(4-10-20)11-12-30-21(13-22(32)29-18-14-27-24(35-2)28-15-18)23(33)31(25(30)36)19-7-5-17(26)6-8-19/h3-10,14-15,21H,11-13H2,1-2H3,(H,29,32). The molecule has 1 atom stereocenters. The summed E-state index contributed by atoms with van der Waals surface area (Å²) in [4.78, 5) is 37.3. The van der Waals surface area contributed by atoms with Gasteiger partial charge < -0.3 is 19.7 Å². The number of aromatic nitrogens is 2. The van der Waals surface area contributed by atoms with E-state index in [-0.39, 0.29) is 23.5 Å². The van der Waals surface area contributed by atoms with Crippen molar-refractivity contribution in [3.05, 3.63) is 72.3 Å². The Bertz CT molecular complexity index is 1240. The van der Waals surface area contributed by atoms with Crippen LogP contribution in [0.3, 0.4) is 0 Å². The Morgan fingerprint density at radius 3 is 2.33 bits per heavy atom. The van der Waals surface area contributed by atoms with Crippen LogP contribution in [0.15, 0.2) is 60.9 Å². The first-order chi connectivity index (χ1) is 17.4. The Labute approximate surface area is 212 Å². The Morgan fingerprint density at radius 2 is 1.72 bits per heavy atom. The molecule has 3 aromatic rings. The molecule has 0 spiro atoms.